The van der Waals surface area contributed by atoms with E-state index >= 15 is 0 Å². The van der Waals surface area contributed by atoms with E-state index in [4.69, 9.17) is 0 Å². The molecular formula is C12H14O. The predicted octanol–water partition coefficient (Wildman–Crippen LogP) is 2.48. The van der Waals surface area contributed by atoms with E-state index in [0.717, 1.165) is 11.1 Å². The van der Waals surface area contributed by atoms with Crippen LogP contribution in [0.4, 0.5) is 0 Å². The Balaban J connectivity index is 2.53. The van der Waals surface area contributed by atoms with Gasteiger partial charge in [0.15, 0.2) is 5.43 Å². The molecular weight excluding hydrogens is 160 g/mol. The Bertz CT molecular complexity index is 381. The van der Waals surface area contributed by atoms with Gasteiger partial charge in [-0.15, -0.1) is 0 Å². The van der Waals surface area contributed by atoms with Gasteiger partial charge in [0.1, 0.15) is 0 Å². The van der Waals surface area contributed by atoms with Gasteiger partial charge in [0.2, 0.25) is 0 Å². The van der Waals surface area contributed by atoms with Crippen molar-refractivity contribution in [1.29, 1.82) is 0 Å². The molecule has 0 saturated heterocycles. The smallest absolute Gasteiger partial charge is 0.184 e. The normalized spacial score (nSPS) is 25.7. The molecule has 1 nitrogen and oxygen atoms in total. The Labute approximate surface area is 78.4 Å². The van der Waals surface area contributed by atoms with Gasteiger partial charge in [0, 0.05) is 5.56 Å². The van der Waals surface area contributed by atoms with E-state index in [0.29, 0.717) is 11.8 Å². The maximum atomic E-state index is 11.8. The van der Waals surface area contributed by atoms with E-state index in [2.05, 4.69) is 6.92 Å². The van der Waals surface area contributed by atoms with Crippen molar-refractivity contribution in [3.05, 3.63) is 45.6 Å². The Kier molecular flexibility index (Phi) is 1.95. The second kappa shape index (κ2) is 2.99. The van der Waals surface area contributed by atoms with Crippen LogP contribution in [-0.2, 0) is 0 Å². The summed E-state index contributed by atoms with van der Waals surface area (Å²) in [6.45, 7) is 4.09. The molecule has 1 saturated carbocycles. The summed E-state index contributed by atoms with van der Waals surface area (Å²) in [5.74, 6) is 1.23. The van der Waals surface area contributed by atoms with Crippen LogP contribution in [0.1, 0.15) is 30.4 Å². The van der Waals surface area contributed by atoms with Crippen LogP contribution in [0, 0.1) is 12.8 Å². The van der Waals surface area contributed by atoms with Crippen LogP contribution in [0.2, 0.25) is 0 Å². The molecule has 1 aliphatic carbocycles. The quantitative estimate of drug-likeness (QED) is 0.639. The number of hydrogen-bond acceptors (Lipinski definition) is 1. The average Bonchev–Trinajstić information content (AvgIpc) is 2.82. The molecule has 0 radical (unpaired) electrons. The molecule has 1 aliphatic rings. The van der Waals surface area contributed by atoms with Crippen molar-refractivity contribution in [3.63, 3.8) is 0 Å². The highest BCUT2D eigenvalue weighted by molar-refractivity contribution is 5.28. The van der Waals surface area contributed by atoms with E-state index in [9.17, 15) is 4.79 Å². The maximum absolute atomic E-state index is 11.8. The molecule has 0 aliphatic heterocycles. The van der Waals surface area contributed by atoms with E-state index in [1.165, 1.54) is 6.42 Å². The molecule has 0 amide bonds. The van der Waals surface area contributed by atoms with E-state index < -0.39 is 0 Å². The minimum Gasteiger partial charge on any atom is -0.289 e. The lowest BCUT2D eigenvalue weighted by Gasteiger charge is -1.92. The molecule has 68 valence electrons. The van der Waals surface area contributed by atoms with Gasteiger partial charge in [-0.25, -0.2) is 0 Å². The summed E-state index contributed by atoms with van der Waals surface area (Å²) in [5, 5.41) is 0. The van der Waals surface area contributed by atoms with Gasteiger partial charge in [0.25, 0.3) is 0 Å². The first-order valence-corrected chi connectivity index (χ1v) is 4.80. The molecule has 0 N–H and O–H groups in total. The van der Waals surface area contributed by atoms with Gasteiger partial charge in [0.05, 0.1) is 0 Å². The third-order valence-corrected chi connectivity index (χ3v) is 2.86. The van der Waals surface area contributed by atoms with Crippen molar-refractivity contribution in [2.75, 3.05) is 0 Å². The third-order valence-electron chi connectivity index (χ3n) is 2.86. The van der Waals surface area contributed by atoms with Crippen LogP contribution >= 0.6 is 0 Å². The first-order chi connectivity index (χ1) is 6.20. The van der Waals surface area contributed by atoms with Crippen LogP contribution in [0.5, 0.6) is 0 Å². The first-order valence-electron chi connectivity index (χ1n) is 4.80. The molecule has 2 rings (SSSR count). The number of rotatable bonds is 1. The third kappa shape index (κ3) is 1.51. The highest BCUT2D eigenvalue weighted by Gasteiger charge is 2.35. The zero-order valence-corrected chi connectivity index (χ0v) is 8.08. The zero-order valence-electron chi connectivity index (χ0n) is 8.08. The Morgan fingerprint density at radius 2 is 1.92 bits per heavy atom. The van der Waals surface area contributed by atoms with Gasteiger partial charge < -0.3 is 0 Å². The molecule has 0 spiro atoms. The molecule has 0 heterocycles. The summed E-state index contributed by atoms with van der Waals surface area (Å²) in [5.41, 5.74) is 2.11. The van der Waals surface area contributed by atoms with Gasteiger partial charge in [-0.1, -0.05) is 31.2 Å². The van der Waals surface area contributed by atoms with Crippen molar-refractivity contribution >= 4 is 0 Å². The monoisotopic (exact) mass is 174 g/mol. The molecule has 1 aromatic carbocycles. The van der Waals surface area contributed by atoms with E-state index in [1.807, 2.05) is 31.2 Å². The minimum atomic E-state index is 0.236. The summed E-state index contributed by atoms with van der Waals surface area (Å²) in [6, 6.07) is 7.77. The average molecular weight is 174 g/mol. The lowest BCUT2D eigenvalue weighted by molar-refractivity contribution is 0.909. The summed E-state index contributed by atoms with van der Waals surface area (Å²) >= 11 is 0. The summed E-state index contributed by atoms with van der Waals surface area (Å²) in [7, 11) is 0. The van der Waals surface area contributed by atoms with Crippen LogP contribution in [0.15, 0.2) is 29.1 Å². The second-order valence-electron chi connectivity index (χ2n) is 4.01. The van der Waals surface area contributed by atoms with Crippen molar-refractivity contribution in [2.24, 2.45) is 5.92 Å². The molecule has 1 aromatic rings. The molecule has 0 bridgehead atoms. The molecule has 0 aromatic heterocycles. The summed E-state index contributed by atoms with van der Waals surface area (Å²) in [6.07, 6.45) is 1.18. The lowest BCUT2D eigenvalue weighted by Crippen LogP contribution is -2.07. The Hall–Kier alpha value is -1.11. The molecule has 13 heavy (non-hydrogen) atoms. The fourth-order valence-electron chi connectivity index (χ4n) is 1.79. The van der Waals surface area contributed by atoms with Gasteiger partial charge in [-0.05, 0) is 30.7 Å². The van der Waals surface area contributed by atoms with E-state index in [1.54, 1.807) is 0 Å². The SMILES string of the molecule is Cc1ccccc(C2C[C@H]2C)c1=O. The van der Waals surface area contributed by atoms with Crippen LogP contribution in [-0.4, -0.2) is 0 Å². The predicted molar refractivity (Wildman–Crippen MR) is 54.0 cm³/mol. The lowest BCUT2D eigenvalue weighted by atomic mass is 10.1. The second-order valence-corrected chi connectivity index (χ2v) is 4.01. The fraction of sp³-hybridized carbons (Fsp3) is 0.417. The number of aryl methyl sites for hydroxylation is 1. The number of hydrogen-bond donors (Lipinski definition) is 0. The highest BCUT2D eigenvalue weighted by Crippen LogP contribution is 2.45. The molecule has 1 fully saturated rings. The topological polar surface area (TPSA) is 17.1 Å². The fourth-order valence-corrected chi connectivity index (χ4v) is 1.79. The highest BCUT2D eigenvalue weighted by atomic mass is 16.1. The van der Waals surface area contributed by atoms with Crippen LogP contribution in [0.25, 0.3) is 0 Å². The van der Waals surface area contributed by atoms with Crippen molar-refractivity contribution < 1.29 is 0 Å². The van der Waals surface area contributed by atoms with Gasteiger partial charge in [-0.2, -0.15) is 0 Å². The standard InChI is InChI=1S/C12H14O/c1-8-5-3-4-6-10(12(8)13)11-7-9(11)2/h3-6,9,11H,7H2,1-2H3/t9-,11?/m1/s1. The van der Waals surface area contributed by atoms with Crippen molar-refractivity contribution in [3.8, 4) is 0 Å². The zero-order chi connectivity index (χ0) is 9.42. The van der Waals surface area contributed by atoms with Gasteiger partial charge >= 0.3 is 0 Å². The summed E-state index contributed by atoms with van der Waals surface area (Å²) in [4.78, 5) is 11.8. The largest absolute Gasteiger partial charge is 0.289 e. The minimum absolute atomic E-state index is 0.236. The van der Waals surface area contributed by atoms with Crippen LogP contribution in [0.3, 0.4) is 0 Å². The Morgan fingerprint density at radius 3 is 2.54 bits per heavy atom. The first kappa shape index (κ1) is 8.49. The van der Waals surface area contributed by atoms with Crippen molar-refractivity contribution in [2.45, 2.75) is 26.2 Å². The van der Waals surface area contributed by atoms with Gasteiger partial charge in [-0.3, -0.25) is 4.79 Å². The maximum Gasteiger partial charge on any atom is 0.184 e. The summed E-state index contributed by atoms with van der Waals surface area (Å²) < 4.78 is 0. The van der Waals surface area contributed by atoms with Crippen molar-refractivity contribution in [1.82, 2.24) is 0 Å². The van der Waals surface area contributed by atoms with E-state index in [-0.39, 0.29) is 5.43 Å². The molecule has 1 heteroatoms. The molecule has 2 atom stereocenters. The Morgan fingerprint density at radius 1 is 1.31 bits per heavy atom. The van der Waals surface area contributed by atoms with Crippen LogP contribution < -0.4 is 5.43 Å². The molecule has 1 unspecified atom stereocenters.